The molecule has 1 aliphatic rings. The summed E-state index contributed by atoms with van der Waals surface area (Å²) in [4.78, 5) is 0.406. The van der Waals surface area contributed by atoms with Crippen LogP contribution in [0.5, 0.6) is 0 Å². The first kappa shape index (κ1) is 15.8. The predicted molar refractivity (Wildman–Crippen MR) is 82.6 cm³/mol. The van der Waals surface area contributed by atoms with Gasteiger partial charge in [-0.3, -0.25) is 0 Å². The Bertz CT molecular complexity index is 527. The van der Waals surface area contributed by atoms with Crippen molar-refractivity contribution in [1.29, 1.82) is 0 Å². The Labute approximate surface area is 127 Å². The van der Waals surface area contributed by atoms with Gasteiger partial charge in [0, 0.05) is 19.0 Å². The van der Waals surface area contributed by atoms with Gasteiger partial charge in [-0.15, -0.1) is 11.6 Å². The van der Waals surface area contributed by atoms with Gasteiger partial charge in [0.2, 0.25) is 10.0 Å². The van der Waals surface area contributed by atoms with Gasteiger partial charge < -0.3 is 0 Å². The zero-order chi connectivity index (χ0) is 14.6. The maximum Gasteiger partial charge on any atom is 0.243 e. The lowest BCUT2D eigenvalue weighted by molar-refractivity contribution is 0.453. The van der Waals surface area contributed by atoms with Crippen molar-refractivity contribution in [1.82, 2.24) is 4.31 Å². The second-order valence-electron chi connectivity index (χ2n) is 5.36. The molecule has 0 radical (unpaired) electrons. The van der Waals surface area contributed by atoms with Gasteiger partial charge in [-0.2, -0.15) is 4.31 Å². The quantitative estimate of drug-likeness (QED) is 0.755. The largest absolute Gasteiger partial charge is 0.243 e. The van der Waals surface area contributed by atoms with E-state index in [1.807, 2.05) is 12.1 Å². The first-order valence-corrected chi connectivity index (χ1v) is 9.20. The number of benzene rings is 1. The number of rotatable bonds is 6. The summed E-state index contributed by atoms with van der Waals surface area (Å²) in [5.74, 6) is 1.14. The molecule has 1 saturated heterocycles. The minimum Gasteiger partial charge on any atom is -0.207 e. The van der Waals surface area contributed by atoms with Gasteiger partial charge in [0.05, 0.1) is 4.90 Å². The molecule has 1 heterocycles. The van der Waals surface area contributed by atoms with E-state index in [4.69, 9.17) is 11.6 Å². The molecular weight excluding hydrogens is 294 g/mol. The minimum absolute atomic E-state index is 0.406. The maximum atomic E-state index is 12.5. The molecule has 1 aromatic rings. The van der Waals surface area contributed by atoms with Crippen LogP contribution in [0, 0.1) is 5.92 Å². The summed E-state index contributed by atoms with van der Waals surface area (Å²) < 4.78 is 26.7. The van der Waals surface area contributed by atoms with Crippen LogP contribution in [0.1, 0.15) is 31.7 Å². The van der Waals surface area contributed by atoms with Crippen molar-refractivity contribution >= 4 is 21.6 Å². The molecule has 0 spiro atoms. The smallest absolute Gasteiger partial charge is 0.207 e. The standard InChI is InChI=1S/C15H22ClNO2S/c1-2-13-9-11-17(12-13)20(18,19)15-7-5-14(6-8-15)4-3-10-16/h5-8,13H,2-4,9-12H2,1H3. The molecule has 1 unspecified atom stereocenters. The molecule has 0 aromatic heterocycles. The van der Waals surface area contributed by atoms with Crippen LogP contribution in [-0.4, -0.2) is 31.7 Å². The van der Waals surface area contributed by atoms with Gasteiger partial charge in [0.25, 0.3) is 0 Å². The van der Waals surface area contributed by atoms with Crippen LogP contribution in [-0.2, 0) is 16.4 Å². The maximum absolute atomic E-state index is 12.5. The Morgan fingerprint density at radius 2 is 2.00 bits per heavy atom. The predicted octanol–water partition coefficient (Wildman–Crippen LogP) is 3.28. The van der Waals surface area contributed by atoms with Crippen molar-refractivity contribution in [3.63, 3.8) is 0 Å². The molecule has 20 heavy (non-hydrogen) atoms. The number of hydrogen-bond acceptors (Lipinski definition) is 2. The first-order chi connectivity index (χ1) is 9.57. The Morgan fingerprint density at radius 3 is 2.55 bits per heavy atom. The van der Waals surface area contributed by atoms with Gasteiger partial charge in [0.1, 0.15) is 0 Å². The summed E-state index contributed by atoms with van der Waals surface area (Å²) in [5, 5.41) is 0. The fourth-order valence-electron chi connectivity index (χ4n) is 2.60. The topological polar surface area (TPSA) is 37.4 Å². The molecule has 3 nitrogen and oxygen atoms in total. The van der Waals surface area contributed by atoms with Crippen LogP contribution in [0.4, 0.5) is 0 Å². The van der Waals surface area contributed by atoms with Crippen LogP contribution in [0.25, 0.3) is 0 Å². The van der Waals surface area contributed by atoms with Crippen LogP contribution < -0.4 is 0 Å². The lowest BCUT2D eigenvalue weighted by Gasteiger charge is -2.16. The second kappa shape index (κ2) is 6.92. The Kier molecular flexibility index (Phi) is 5.47. The highest BCUT2D eigenvalue weighted by molar-refractivity contribution is 7.89. The summed E-state index contributed by atoms with van der Waals surface area (Å²) >= 11 is 5.67. The molecule has 0 amide bonds. The third kappa shape index (κ3) is 3.54. The Balaban J connectivity index is 2.10. The highest BCUT2D eigenvalue weighted by Crippen LogP contribution is 2.26. The zero-order valence-electron chi connectivity index (χ0n) is 11.9. The normalized spacial score (nSPS) is 20.4. The summed E-state index contributed by atoms with van der Waals surface area (Å²) in [7, 11) is -3.31. The molecule has 1 atom stereocenters. The number of aryl methyl sites for hydroxylation is 1. The Morgan fingerprint density at radius 1 is 1.30 bits per heavy atom. The lowest BCUT2D eigenvalue weighted by Crippen LogP contribution is -2.28. The van der Waals surface area contributed by atoms with E-state index in [1.165, 1.54) is 0 Å². The van der Waals surface area contributed by atoms with Gasteiger partial charge in [0.15, 0.2) is 0 Å². The lowest BCUT2D eigenvalue weighted by atomic mass is 10.1. The van der Waals surface area contributed by atoms with Crippen molar-refractivity contribution in [2.24, 2.45) is 5.92 Å². The van der Waals surface area contributed by atoms with Crippen molar-refractivity contribution < 1.29 is 8.42 Å². The second-order valence-corrected chi connectivity index (χ2v) is 7.68. The zero-order valence-corrected chi connectivity index (χ0v) is 13.5. The molecule has 0 bridgehead atoms. The van der Waals surface area contributed by atoms with E-state index >= 15 is 0 Å². The van der Waals surface area contributed by atoms with Crippen LogP contribution in [0.15, 0.2) is 29.2 Å². The summed E-state index contributed by atoms with van der Waals surface area (Å²) in [6.45, 7) is 3.42. The summed E-state index contributed by atoms with van der Waals surface area (Å²) in [6, 6.07) is 7.23. The molecule has 2 rings (SSSR count). The molecule has 112 valence electrons. The van der Waals surface area contributed by atoms with Crippen molar-refractivity contribution in [2.45, 2.75) is 37.5 Å². The SMILES string of the molecule is CCC1CCN(S(=O)(=O)c2ccc(CCCCl)cc2)C1. The van der Waals surface area contributed by atoms with Gasteiger partial charge in [-0.05, 0) is 42.9 Å². The molecule has 0 aliphatic carbocycles. The average Bonchev–Trinajstić information content (AvgIpc) is 2.95. The first-order valence-electron chi connectivity index (χ1n) is 7.23. The molecular formula is C15H22ClNO2S. The molecule has 5 heteroatoms. The Hall–Kier alpha value is -0.580. The molecule has 1 aromatic carbocycles. The van der Waals surface area contributed by atoms with E-state index in [9.17, 15) is 8.42 Å². The fraction of sp³-hybridized carbons (Fsp3) is 0.600. The minimum atomic E-state index is -3.31. The monoisotopic (exact) mass is 315 g/mol. The van der Waals surface area contributed by atoms with E-state index in [2.05, 4.69) is 6.92 Å². The van der Waals surface area contributed by atoms with Crippen LogP contribution >= 0.6 is 11.6 Å². The van der Waals surface area contributed by atoms with Gasteiger partial charge >= 0.3 is 0 Å². The van der Waals surface area contributed by atoms with E-state index < -0.39 is 10.0 Å². The van der Waals surface area contributed by atoms with Crippen molar-refractivity contribution in [3.8, 4) is 0 Å². The van der Waals surface area contributed by atoms with Crippen LogP contribution in [0.3, 0.4) is 0 Å². The van der Waals surface area contributed by atoms with Crippen molar-refractivity contribution in [2.75, 3.05) is 19.0 Å². The van der Waals surface area contributed by atoms with E-state index in [1.54, 1.807) is 16.4 Å². The number of hydrogen-bond donors (Lipinski definition) is 0. The summed E-state index contributed by atoms with van der Waals surface area (Å²) in [6.07, 6.45) is 3.83. The highest BCUT2D eigenvalue weighted by Gasteiger charge is 2.31. The number of halogens is 1. The molecule has 1 aliphatic heterocycles. The third-order valence-electron chi connectivity index (χ3n) is 3.99. The van der Waals surface area contributed by atoms with Gasteiger partial charge in [-0.25, -0.2) is 8.42 Å². The molecule has 0 N–H and O–H groups in total. The van der Waals surface area contributed by atoms with E-state index in [-0.39, 0.29) is 0 Å². The number of alkyl halides is 1. The van der Waals surface area contributed by atoms with E-state index in [0.717, 1.165) is 31.2 Å². The van der Waals surface area contributed by atoms with E-state index in [0.29, 0.717) is 29.8 Å². The van der Waals surface area contributed by atoms with Gasteiger partial charge in [-0.1, -0.05) is 25.5 Å². The molecule has 0 saturated carbocycles. The number of nitrogens with zero attached hydrogens (tertiary/aromatic N) is 1. The van der Waals surface area contributed by atoms with Crippen LogP contribution in [0.2, 0.25) is 0 Å². The van der Waals surface area contributed by atoms with Crippen molar-refractivity contribution in [3.05, 3.63) is 29.8 Å². The third-order valence-corrected chi connectivity index (χ3v) is 6.13. The fourth-order valence-corrected chi connectivity index (χ4v) is 4.26. The average molecular weight is 316 g/mol. The number of sulfonamides is 1. The molecule has 1 fully saturated rings. The summed E-state index contributed by atoms with van der Waals surface area (Å²) in [5.41, 5.74) is 1.14. The highest BCUT2D eigenvalue weighted by atomic mass is 35.5.